The molecule has 0 unspecified atom stereocenters. The van der Waals surface area contributed by atoms with Crippen molar-refractivity contribution in [1.82, 2.24) is 4.90 Å². The molecule has 2 amide bonds. The normalized spacial score (nSPS) is 15.0. The van der Waals surface area contributed by atoms with Crippen LogP contribution in [-0.2, 0) is 22.6 Å². The first-order valence-corrected chi connectivity index (χ1v) is 8.75. The summed E-state index contributed by atoms with van der Waals surface area (Å²) in [5.74, 6) is -0.862. The summed E-state index contributed by atoms with van der Waals surface area (Å²) in [6.45, 7) is 7.72. The number of carbonyl (C=O) groups is 2. The lowest BCUT2D eigenvalue weighted by Crippen LogP contribution is -2.54. The summed E-state index contributed by atoms with van der Waals surface area (Å²) in [6, 6.07) is 14.1. The Kier molecular flexibility index (Phi) is 4.88. The highest BCUT2D eigenvalue weighted by Crippen LogP contribution is 2.21. The van der Waals surface area contributed by atoms with Crippen molar-refractivity contribution in [1.29, 1.82) is 0 Å². The van der Waals surface area contributed by atoms with E-state index in [1.54, 1.807) is 9.80 Å². The van der Waals surface area contributed by atoms with Crippen LogP contribution in [0.25, 0.3) is 0 Å². The van der Waals surface area contributed by atoms with Gasteiger partial charge in [0.05, 0.1) is 0 Å². The maximum absolute atomic E-state index is 12.6. The van der Waals surface area contributed by atoms with Crippen molar-refractivity contribution < 1.29 is 9.59 Å². The molecule has 0 saturated carbocycles. The quantitative estimate of drug-likeness (QED) is 0.804. The number of rotatable bonds is 4. The highest BCUT2D eigenvalue weighted by atomic mass is 16.2. The van der Waals surface area contributed by atoms with Gasteiger partial charge in [-0.2, -0.15) is 0 Å². The van der Waals surface area contributed by atoms with Gasteiger partial charge in [-0.05, 0) is 49.1 Å². The van der Waals surface area contributed by atoms with Crippen LogP contribution in [0.1, 0.15) is 29.2 Å². The predicted octanol–water partition coefficient (Wildman–Crippen LogP) is 3.24. The average Bonchev–Trinajstić information content (AvgIpc) is 2.62. The van der Waals surface area contributed by atoms with Crippen LogP contribution >= 0.6 is 0 Å². The molecule has 1 fully saturated rings. The molecule has 0 aromatic heterocycles. The van der Waals surface area contributed by atoms with Gasteiger partial charge in [0, 0.05) is 25.3 Å². The molecule has 25 heavy (non-hydrogen) atoms. The lowest BCUT2D eigenvalue weighted by molar-refractivity contribution is -0.146. The second-order valence-corrected chi connectivity index (χ2v) is 6.64. The van der Waals surface area contributed by atoms with Crippen molar-refractivity contribution in [2.24, 2.45) is 0 Å². The number of hydrogen-bond acceptors (Lipinski definition) is 2. The first-order chi connectivity index (χ1) is 12.0. The molecule has 1 saturated heterocycles. The van der Waals surface area contributed by atoms with E-state index in [0.717, 1.165) is 34.4 Å². The molecule has 1 aliphatic heterocycles. The summed E-state index contributed by atoms with van der Waals surface area (Å²) in [5, 5.41) is 0. The molecule has 1 aliphatic rings. The monoisotopic (exact) mass is 336 g/mol. The Balaban J connectivity index is 1.77. The van der Waals surface area contributed by atoms with Gasteiger partial charge in [-0.15, -0.1) is 0 Å². The lowest BCUT2D eigenvalue weighted by Gasteiger charge is -2.34. The minimum atomic E-state index is -0.440. The molecule has 3 rings (SSSR count). The van der Waals surface area contributed by atoms with Gasteiger partial charge in [-0.1, -0.05) is 42.8 Å². The van der Waals surface area contributed by atoms with Crippen molar-refractivity contribution >= 4 is 17.5 Å². The van der Waals surface area contributed by atoms with Gasteiger partial charge in [-0.3, -0.25) is 9.59 Å². The third-order valence-electron chi connectivity index (χ3n) is 4.81. The number of aryl methyl sites for hydroxylation is 3. The Labute approximate surface area is 149 Å². The zero-order chi connectivity index (χ0) is 18.0. The zero-order valence-electron chi connectivity index (χ0n) is 15.1. The Morgan fingerprint density at radius 1 is 0.960 bits per heavy atom. The fraction of sp³-hybridized carbons (Fsp3) is 0.333. The second kappa shape index (κ2) is 7.09. The first kappa shape index (κ1) is 17.2. The van der Waals surface area contributed by atoms with E-state index in [1.165, 1.54) is 0 Å². The van der Waals surface area contributed by atoms with E-state index >= 15 is 0 Å². The molecular weight excluding hydrogens is 312 g/mol. The number of anilines is 1. The van der Waals surface area contributed by atoms with Crippen LogP contribution in [0.5, 0.6) is 0 Å². The van der Waals surface area contributed by atoms with Crippen LogP contribution in [0.15, 0.2) is 42.5 Å². The topological polar surface area (TPSA) is 40.6 Å². The fourth-order valence-electron chi connectivity index (χ4n) is 3.19. The highest BCUT2D eigenvalue weighted by Gasteiger charge is 2.33. The number of carbonyl (C=O) groups excluding carboxylic acids is 2. The number of benzene rings is 2. The van der Waals surface area contributed by atoms with Gasteiger partial charge in [0.2, 0.25) is 0 Å². The Bertz CT molecular complexity index is 813. The molecule has 2 aromatic rings. The van der Waals surface area contributed by atoms with Gasteiger partial charge < -0.3 is 9.80 Å². The molecule has 0 N–H and O–H groups in total. The Hall–Kier alpha value is -2.62. The van der Waals surface area contributed by atoms with Crippen molar-refractivity contribution in [3.05, 3.63) is 64.7 Å². The van der Waals surface area contributed by atoms with E-state index in [2.05, 4.69) is 25.1 Å². The van der Waals surface area contributed by atoms with E-state index in [4.69, 9.17) is 0 Å². The van der Waals surface area contributed by atoms with Crippen molar-refractivity contribution in [2.45, 2.75) is 33.7 Å². The van der Waals surface area contributed by atoms with Crippen LogP contribution in [0.3, 0.4) is 0 Å². The summed E-state index contributed by atoms with van der Waals surface area (Å²) in [6.07, 6.45) is 0.905. The molecule has 0 aliphatic carbocycles. The molecule has 1 heterocycles. The molecular formula is C21H24N2O2. The maximum Gasteiger partial charge on any atom is 0.316 e. The van der Waals surface area contributed by atoms with E-state index in [9.17, 15) is 9.59 Å². The van der Waals surface area contributed by atoms with Crippen LogP contribution < -0.4 is 4.90 Å². The molecule has 0 atom stereocenters. The summed E-state index contributed by atoms with van der Waals surface area (Å²) in [4.78, 5) is 28.5. The SMILES string of the molecule is CCc1cccc(N2CCN(Cc3cc(C)ccc3C)C(=O)C2=O)c1. The zero-order valence-corrected chi connectivity index (χ0v) is 15.1. The molecule has 0 spiro atoms. The second-order valence-electron chi connectivity index (χ2n) is 6.64. The molecule has 130 valence electrons. The van der Waals surface area contributed by atoms with E-state index < -0.39 is 11.8 Å². The van der Waals surface area contributed by atoms with Gasteiger partial charge in [0.25, 0.3) is 0 Å². The standard InChI is InChI=1S/C21H24N2O2/c1-4-17-6-5-7-19(13-17)23-11-10-22(20(24)21(23)25)14-18-12-15(2)8-9-16(18)3/h5-9,12-13H,4,10-11,14H2,1-3H3. The fourth-order valence-corrected chi connectivity index (χ4v) is 3.19. The van der Waals surface area contributed by atoms with Gasteiger partial charge in [0.15, 0.2) is 0 Å². The van der Waals surface area contributed by atoms with Crippen molar-refractivity contribution in [2.75, 3.05) is 18.0 Å². The van der Waals surface area contributed by atoms with E-state index in [-0.39, 0.29) is 0 Å². The van der Waals surface area contributed by atoms with E-state index in [1.807, 2.05) is 38.1 Å². The lowest BCUT2D eigenvalue weighted by atomic mass is 10.0. The average molecular weight is 336 g/mol. The van der Waals surface area contributed by atoms with Crippen LogP contribution in [0.2, 0.25) is 0 Å². The highest BCUT2D eigenvalue weighted by molar-refractivity contribution is 6.40. The maximum atomic E-state index is 12.6. The number of amides is 2. The van der Waals surface area contributed by atoms with Crippen molar-refractivity contribution in [3.63, 3.8) is 0 Å². The summed E-state index contributed by atoms with van der Waals surface area (Å²) < 4.78 is 0. The van der Waals surface area contributed by atoms with Crippen LogP contribution in [0, 0.1) is 13.8 Å². The largest absolute Gasteiger partial charge is 0.328 e. The molecule has 2 aromatic carbocycles. The smallest absolute Gasteiger partial charge is 0.316 e. The van der Waals surface area contributed by atoms with Crippen LogP contribution in [-0.4, -0.2) is 29.8 Å². The molecule has 0 radical (unpaired) electrons. The molecule has 4 heteroatoms. The van der Waals surface area contributed by atoms with E-state index in [0.29, 0.717) is 19.6 Å². The summed E-state index contributed by atoms with van der Waals surface area (Å²) in [7, 11) is 0. The number of nitrogens with zero attached hydrogens (tertiary/aromatic N) is 2. The number of hydrogen-bond donors (Lipinski definition) is 0. The van der Waals surface area contributed by atoms with Crippen LogP contribution in [0.4, 0.5) is 5.69 Å². The van der Waals surface area contributed by atoms with Gasteiger partial charge in [0.1, 0.15) is 0 Å². The Morgan fingerprint density at radius 3 is 2.52 bits per heavy atom. The van der Waals surface area contributed by atoms with Gasteiger partial charge >= 0.3 is 11.8 Å². The Morgan fingerprint density at radius 2 is 1.76 bits per heavy atom. The molecule has 4 nitrogen and oxygen atoms in total. The summed E-state index contributed by atoms with van der Waals surface area (Å²) >= 11 is 0. The minimum Gasteiger partial charge on any atom is -0.328 e. The van der Waals surface area contributed by atoms with Gasteiger partial charge in [-0.25, -0.2) is 0 Å². The first-order valence-electron chi connectivity index (χ1n) is 8.75. The number of piperazine rings is 1. The third kappa shape index (κ3) is 3.58. The molecule has 0 bridgehead atoms. The predicted molar refractivity (Wildman–Crippen MR) is 99.5 cm³/mol. The minimum absolute atomic E-state index is 0.422. The van der Waals surface area contributed by atoms with Crippen molar-refractivity contribution in [3.8, 4) is 0 Å². The third-order valence-corrected chi connectivity index (χ3v) is 4.81. The summed E-state index contributed by atoms with van der Waals surface area (Å²) in [5.41, 5.74) is 5.38.